The van der Waals surface area contributed by atoms with Crippen LogP contribution in [-0.4, -0.2) is 42.8 Å². The fraction of sp³-hybridized carbons (Fsp3) is 0.444. The number of carbonyl (C=O) groups is 3. The molecule has 0 unspecified atom stereocenters. The van der Waals surface area contributed by atoms with Gasteiger partial charge in [0.05, 0.1) is 10.8 Å². The lowest BCUT2D eigenvalue weighted by Crippen LogP contribution is -2.49. The molecular formula is C27H30N2O5. The van der Waals surface area contributed by atoms with Gasteiger partial charge in [0.2, 0.25) is 5.91 Å². The zero-order valence-electron chi connectivity index (χ0n) is 19.1. The van der Waals surface area contributed by atoms with Gasteiger partial charge in [0.25, 0.3) is 0 Å². The number of ether oxygens (including phenoxy) is 1. The summed E-state index contributed by atoms with van der Waals surface area (Å²) in [7, 11) is 0. The fourth-order valence-corrected chi connectivity index (χ4v) is 5.48. The number of amides is 2. The number of aliphatic carboxylic acids is 1. The Hall–Kier alpha value is -3.35. The van der Waals surface area contributed by atoms with Crippen LogP contribution in [0.3, 0.4) is 0 Å². The molecule has 0 radical (unpaired) electrons. The van der Waals surface area contributed by atoms with E-state index < -0.39 is 22.9 Å². The maximum atomic E-state index is 13.0. The quantitative estimate of drug-likeness (QED) is 0.549. The molecule has 5 rings (SSSR count). The highest BCUT2D eigenvalue weighted by Crippen LogP contribution is 2.46. The van der Waals surface area contributed by atoms with Crippen LogP contribution in [0.25, 0.3) is 11.1 Å². The lowest BCUT2D eigenvalue weighted by Gasteiger charge is -2.28. The summed E-state index contributed by atoms with van der Waals surface area (Å²) in [5.74, 6) is -1.05. The molecule has 7 heteroatoms. The molecule has 2 aromatic rings. The molecule has 3 N–H and O–H groups in total. The predicted octanol–water partition coefficient (Wildman–Crippen LogP) is 4.07. The molecule has 0 atom stereocenters. The smallest absolute Gasteiger partial charge is 0.407 e. The van der Waals surface area contributed by atoms with Gasteiger partial charge < -0.3 is 20.5 Å². The molecule has 178 valence electrons. The lowest BCUT2D eigenvalue weighted by molar-refractivity contribution is -0.143. The first-order valence-corrected chi connectivity index (χ1v) is 12.0. The van der Waals surface area contributed by atoms with Crippen molar-refractivity contribution in [2.45, 2.75) is 44.4 Å². The van der Waals surface area contributed by atoms with Crippen molar-refractivity contribution in [1.29, 1.82) is 0 Å². The van der Waals surface area contributed by atoms with Crippen LogP contribution in [0.2, 0.25) is 0 Å². The SMILES string of the molecule is O=C(NCC1(C(=O)NCC2(C(=O)O)CC2)CCCC1)OCC1c2ccccc2-c2ccccc21. The van der Waals surface area contributed by atoms with Crippen LogP contribution in [0, 0.1) is 10.8 Å². The molecule has 0 heterocycles. The summed E-state index contributed by atoms with van der Waals surface area (Å²) in [4.78, 5) is 37.1. The van der Waals surface area contributed by atoms with E-state index in [0.717, 1.165) is 24.0 Å². The molecule has 0 saturated heterocycles. The first-order chi connectivity index (χ1) is 16.4. The van der Waals surface area contributed by atoms with Crippen molar-refractivity contribution in [2.75, 3.05) is 19.7 Å². The number of carboxylic acid groups (broad SMARTS) is 1. The number of carbonyl (C=O) groups excluding carboxylic acids is 2. The number of hydrogen-bond donors (Lipinski definition) is 3. The highest BCUT2D eigenvalue weighted by Gasteiger charge is 2.51. The Kier molecular flexibility index (Phi) is 5.80. The Morgan fingerprint density at radius 3 is 1.94 bits per heavy atom. The third kappa shape index (κ3) is 4.04. The summed E-state index contributed by atoms with van der Waals surface area (Å²) in [5.41, 5.74) is 3.12. The first kappa shape index (κ1) is 22.4. The minimum Gasteiger partial charge on any atom is -0.481 e. The van der Waals surface area contributed by atoms with Crippen molar-refractivity contribution in [2.24, 2.45) is 10.8 Å². The van der Waals surface area contributed by atoms with E-state index in [4.69, 9.17) is 4.74 Å². The third-order valence-electron chi connectivity index (χ3n) is 7.85. The maximum absolute atomic E-state index is 13.0. The van der Waals surface area contributed by atoms with E-state index in [0.29, 0.717) is 25.7 Å². The predicted molar refractivity (Wildman–Crippen MR) is 126 cm³/mol. The molecule has 34 heavy (non-hydrogen) atoms. The molecule has 3 aliphatic carbocycles. The molecule has 2 aromatic carbocycles. The number of carboxylic acids is 1. The van der Waals surface area contributed by atoms with Gasteiger partial charge in [-0.2, -0.15) is 0 Å². The van der Waals surface area contributed by atoms with Gasteiger partial charge in [0.15, 0.2) is 0 Å². The van der Waals surface area contributed by atoms with Crippen molar-refractivity contribution in [3.8, 4) is 11.1 Å². The van der Waals surface area contributed by atoms with E-state index in [1.807, 2.05) is 24.3 Å². The second-order valence-corrected chi connectivity index (χ2v) is 9.93. The lowest BCUT2D eigenvalue weighted by atomic mass is 9.84. The van der Waals surface area contributed by atoms with Crippen LogP contribution < -0.4 is 10.6 Å². The minimum absolute atomic E-state index is 0.0207. The second kappa shape index (κ2) is 8.78. The average Bonchev–Trinajstić information content (AvgIpc) is 3.38. The van der Waals surface area contributed by atoms with E-state index in [2.05, 4.69) is 34.9 Å². The van der Waals surface area contributed by atoms with Crippen molar-refractivity contribution in [1.82, 2.24) is 10.6 Å². The molecule has 0 aliphatic heterocycles. The van der Waals surface area contributed by atoms with Gasteiger partial charge >= 0.3 is 12.1 Å². The van der Waals surface area contributed by atoms with Crippen LogP contribution in [0.1, 0.15) is 55.6 Å². The zero-order chi connectivity index (χ0) is 23.8. The molecule has 2 amide bonds. The third-order valence-corrected chi connectivity index (χ3v) is 7.85. The largest absolute Gasteiger partial charge is 0.481 e. The Balaban J connectivity index is 1.19. The van der Waals surface area contributed by atoms with Crippen LogP contribution in [0.5, 0.6) is 0 Å². The summed E-state index contributed by atoms with van der Waals surface area (Å²) in [6.45, 7) is 0.559. The van der Waals surface area contributed by atoms with Gasteiger partial charge in [-0.25, -0.2) is 4.79 Å². The summed E-state index contributed by atoms with van der Waals surface area (Å²) in [6, 6.07) is 16.3. The standard InChI is InChI=1S/C27H30N2O5/c30-23(28-17-27(13-14-27)24(31)32)26(11-5-6-12-26)16-29-25(33)34-15-22-20-9-3-1-7-18(20)19-8-2-4-10-21(19)22/h1-4,7-10,22H,5-6,11-17H2,(H,28,30)(H,29,33)(H,31,32). The monoisotopic (exact) mass is 462 g/mol. The van der Waals surface area contributed by atoms with Crippen molar-refractivity contribution >= 4 is 18.0 Å². The maximum Gasteiger partial charge on any atom is 0.407 e. The number of hydrogen-bond acceptors (Lipinski definition) is 4. The molecule has 0 bridgehead atoms. The van der Waals surface area contributed by atoms with Crippen molar-refractivity contribution in [3.05, 3.63) is 59.7 Å². The number of rotatable bonds is 8. The highest BCUT2D eigenvalue weighted by molar-refractivity contribution is 5.85. The summed E-state index contributed by atoms with van der Waals surface area (Å²) < 4.78 is 5.62. The fourth-order valence-electron chi connectivity index (χ4n) is 5.48. The van der Waals surface area contributed by atoms with E-state index >= 15 is 0 Å². The number of benzene rings is 2. The van der Waals surface area contributed by atoms with Crippen molar-refractivity contribution in [3.63, 3.8) is 0 Å². The normalized spacial score (nSPS) is 19.1. The Bertz CT molecular complexity index is 1070. The molecular weight excluding hydrogens is 432 g/mol. The molecule has 0 aromatic heterocycles. The topological polar surface area (TPSA) is 105 Å². The Morgan fingerprint density at radius 2 is 1.38 bits per heavy atom. The van der Waals surface area contributed by atoms with E-state index in [-0.39, 0.29) is 31.5 Å². The van der Waals surface area contributed by atoms with Gasteiger partial charge in [-0.15, -0.1) is 0 Å². The van der Waals surface area contributed by atoms with Crippen LogP contribution in [0.15, 0.2) is 48.5 Å². The second-order valence-electron chi connectivity index (χ2n) is 9.93. The van der Waals surface area contributed by atoms with Crippen LogP contribution >= 0.6 is 0 Å². The molecule has 7 nitrogen and oxygen atoms in total. The summed E-state index contributed by atoms with van der Waals surface area (Å²) in [6.07, 6.45) is 3.80. The highest BCUT2D eigenvalue weighted by atomic mass is 16.5. The minimum atomic E-state index is -0.856. The van der Waals surface area contributed by atoms with Gasteiger partial charge in [-0.05, 0) is 47.9 Å². The van der Waals surface area contributed by atoms with Gasteiger partial charge in [0.1, 0.15) is 6.61 Å². The number of nitrogens with one attached hydrogen (secondary N) is 2. The summed E-state index contributed by atoms with van der Waals surface area (Å²) in [5, 5.41) is 15.0. The van der Waals surface area contributed by atoms with E-state index in [9.17, 15) is 19.5 Å². The van der Waals surface area contributed by atoms with Crippen LogP contribution in [0.4, 0.5) is 4.79 Å². The molecule has 2 saturated carbocycles. The Morgan fingerprint density at radius 1 is 0.824 bits per heavy atom. The van der Waals surface area contributed by atoms with Gasteiger partial charge in [-0.1, -0.05) is 61.4 Å². The number of fused-ring (bicyclic) bond motifs is 3. The Labute approximate surface area is 198 Å². The molecule has 2 fully saturated rings. The van der Waals surface area contributed by atoms with Crippen molar-refractivity contribution < 1.29 is 24.2 Å². The molecule has 3 aliphatic rings. The molecule has 0 spiro atoms. The summed E-state index contributed by atoms with van der Waals surface area (Å²) >= 11 is 0. The van der Waals surface area contributed by atoms with E-state index in [1.54, 1.807) is 0 Å². The van der Waals surface area contributed by atoms with E-state index in [1.165, 1.54) is 11.1 Å². The van der Waals surface area contributed by atoms with Gasteiger partial charge in [-0.3, -0.25) is 9.59 Å². The van der Waals surface area contributed by atoms with Gasteiger partial charge in [0, 0.05) is 19.0 Å². The van der Waals surface area contributed by atoms with Crippen LogP contribution in [-0.2, 0) is 14.3 Å². The zero-order valence-corrected chi connectivity index (χ0v) is 19.1. The average molecular weight is 463 g/mol. The number of alkyl carbamates (subject to hydrolysis) is 1. The first-order valence-electron chi connectivity index (χ1n) is 12.0.